The molecule has 1 aliphatic rings. The number of benzene rings is 2. The Hall–Kier alpha value is -4.86. The first-order valence-electron chi connectivity index (χ1n) is 12.6. The van der Waals surface area contributed by atoms with Crippen LogP contribution in [0.5, 0.6) is 5.75 Å². The molecule has 1 amide bonds. The zero-order chi connectivity index (χ0) is 25.9. The third-order valence-corrected chi connectivity index (χ3v) is 6.57. The second-order valence-corrected chi connectivity index (χ2v) is 9.20. The van der Waals surface area contributed by atoms with Gasteiger partial charge in [0.25, 0.3) is 5.91 Å². The largest absolute Gasteiger partial charge is 0.489 e. The number of aromatic nitrogens is 5. The monoisotopic (exact) mass is 508 g/mol. The molecule has 3 aromatic heterocycles. The van der Waals surface area contributed by atoms with Gasteiger partial charge in [-0.1, -0.05) is 36.4 Å². The molecule has 192 valence electrons. The summed E-state index contributed by atoms with van der Waals surface area (Å²) in [6, 6.07) is 23.1. The molecule has 0 radical (unpaired) electrons. The van der Waals surface area contributed by atoms with Crippen molar-refractivity contribution in [2.75, 3.05) is 36.4 Å². The second kappa shape index (κ2) is 10.3. The van der Waals surface area contributed by atoms with Gasteiger partial charge in [0, 0.05) is 55.3 Å². The Balaban J connectivity index is 1.15. The summed E-state index contributed by atoms with van der Waals surface area (Å²) in [4.78, 5) is 22.3. The van der Waals surface area contributed by atoms with E-state index in [-0.39, 0.29) is 5.91 Å². The van der Waals surface area contributed by atoms with Crippen LogP contribution >= 0.6 is 0 Å². The summed E-state index contributed by atoms with van der Waals surface area (Å²) in [6.07, 6.45) is 1.90. The summed E-state index contributed by atoms with van der Waals surface area (Å²) in [5, 5.41) is 15.2. The van der Waals surface area contributed by atoms with Crippen molar-refractivity contribution in [1.29, 1.82) is 0 Å². The van der Waals surface area contributed by atoms with E-state index in [0.717, 1.165) is 22.5 Å². The lowest BCUT2D eigenvalue weighted by atomic mass is 10.1. The number of ether oxygens (including phenoxy) is 1. The van der Waals surface area contributed by atoms with Crippen LogP contribution in [0, 0.1) is 6.92 Å². The maximum absolute atomic E-state index is 13.5. The van der Waals surface area contributed by atoms with Gasteiger partial charge in [-0.2, -0.15) is 10.1 Å². The molecule has 0 unspecified atom stereocenters. The second-order valence-electron chi connectivity index (χ2n) is 9.20. The number of carbonyl (C=O) groups is 1. The van der Waals surface area contributed by atoms with E-state index in [1.165, 1.54) is 0 Å². The molecule has 2 aromatic carbocycles. The van der Waals surface area contributed by atoms with Gasteiger partial charge in [0.05, 0.1) is 0 Å². The summed E-state index contributed by atoms with van der Waals surface area (Å²) in [5.74, 6) is 2.76. The summed E-state index contributed by atoms with van der Waals surface area (Å²) in [7, 11) is 0. The molecule has 1 saturated heterocycles. The molecule has 5 aromatic rings. The minimum Gasteiger partial charge on any atom is -0.489 e. The van der Waals surface area contributed by atoms with E-state index in [1.54, 1.807) is 0 Å². The number of amides is 1. The number of fused-ring (bicyclic) bond motifs is 1. The standard InChI is InChI=1S/C28H28N8O2/c1-20-18-25(32-31-20)29-26-24-12-7-13-36(24)33-28(30-26)35-16-14-34(15-17-35)27(37)23-11-6-5-8-21(23)19-38-22-9-3-2-4-10-22/h2-13,18H,14-17,19H2,1H3,(H2,29,30,31,32,33). The highest BCUT2D eigenvalue weighted by Crippen LogP contribution is 2.23. The van der Waals surface area contributed by atoms with Crippen LogP contribution in [0.1, 0.15) is 21.6 Å². The Labute approximate surface area is 219 Å². The van der Waals surface area contributed by atoms with E-state index in [0.29, 0.717) is 55.9 Å². The van der Waals surface area contributed by atoms with Gasteiger partial charge < -0.3 is 19.9 Å². The third-order valence-electron chi connectivity index (χ3n) is 6.57. The first kappa shape index (κ1) is 23.5. The topological polar surface area (TPSA) is 104 Å². The number of nitrogens with one attached hydrogen (secondary N) is 2. The van der Waals surface area contributed by atoms with Crippen LogP contribution < -0.4 is 15.0 Å². The lowest BCUT2D eigenvalue weighted by molar-refractivity contribution is 0.0743. The first-order valence-corrected chi connectivity index (χ1v) is 12.6. The van der Waals surface area contributed by atoms with Gasteiger partial charge in [0.15, 0.2) is 11.6 Å². The fraction of sp³-hybridized carbons (Fsp3) is 0.214. The first-order chi connectivity index (χ1) is 18.6. The van der Waals surface area contributed by atoms with Crippen LogP contribution in [0.3, 0.4) is 0 Å². The molecule has 2 N–H and O–H groups in total. The molecule has 0 saturated carbocycles. The molecule has 10 nitrogen and oxygen atoms in total. The molecule has 10 heteroatoms. The van der Waals surface area contributed by atoms with E-state index in [2.05, 4.69) is 20.4 Å². The average molecular weight is 509 g/mol. The normalized spacial score (nSPS) is 13.6. The van der Waals surface area contributed by atoms with Gasteiger partial charge in [-0.3, -0.25) is 9.89 Å². The molecule has 4 heterocycles. The Bertz CT molecular complexity index is 1550. The van der Waals surface area contributed by atoms with Crippen molar-refractivity contribution in [3.05, 3.63) is 95.8 Å². The minimum atomic E-state index is 0.00921. The average Bonchev–Trinajstić information content (AvgIpc) is 3.61. The van der Waals surface area contributed by atoms with Gasteiger partial charge in [-0.05, 0) is 37.3 Å². The number of aromatic amines is 1. The zero-order valence-electron chi connectivity index (χ0n) is 21.0. The highest BCUT2D eigenvalue weighted by atomic mass is 16.5. The molecule has 1 aliphatic heterocycles. The number of para-hydroxylation sites is 1. The summed E-state index contributed by atoms with van der Waals surface area (Å²) < 4.78 is 7.73. The molecule has 0 spiro atoms. The Morgan fingerprint density at radius 2 is 1.79 bits per heavy atom. The molecule has 6 rings (SSSR count). The molecule has 1 fully saturated rings. The van der Waals surface area contributed by atoms with E-state index in [4.69, 9.17) is 14.8 Å². The van der Waals surface area contributed by atoms with Crippen LogP contribution in [0.2, 0.25) is 0 Å². The molecular formula is C28H28N8O2. The van der Waals surface area contributed by atoms with Crippen LogP contribution in [0.25, 0.3) is 5.52 Å². The van der Waals surface area contributed by atoms with Gasteiger partial charge in [-0.15, -0.1) is 5.10 Å². The van der Waals surface area contributed by atoms with Crippen molar-refractivity contribution in [3.8, 4) is 5.75 Å². The third kappa shape index (κ3) is 4.88. The lowest BCUT2D eigenvalue weighted by Crippen LogP contribution is -2.49. The van der Waals surface area contributed by atoms with Crippen LogP contribution in [-0.2, 0) is 6.61 Å². The number of hydrogen-bond acceptors (Lipinski definition) is 7. The van der Waals surface area contributed by atoms with E-state index >= 15 is 0 Å². The van der Waals surface area contributed by atoms with Crippen molar-refractivity contribution in [3.63, 3.8) is 0 Å². The number of rotatable bonds is 7. The number of hydrogen-bond donors (Lipinski definition) is 2. The number of H-pyrrole nitrogens is 1. The molecule has 0 aliphatic carbocycles. The Morgan fingerprint density at radius 1 is 1.00 bits per heavy atom. The Morgan fingerprint density at radius 3 is 2.58 bits per heavy atom. The van der Waals surface area contributed by atoms with Crippen molar-refractivity contribution >= 4 is 29.0 Å². The zero-order valence-corrected chi connectivity index (χ0v) is 21.0. The number of piperazine rings is 1. The highest BCUT2D eigenvalue weighted by Gasteiger charge is 2.26. The minimum absolute atomic E-state index is 0.00921. The van der Waals surface area contributed by atoms with Gasteiger partial charge in [0.1, 0.15) is 17.9 Å². The Kier molecular flexibility index (Phi) is 6.35. The molecule has 0 bridgehead atoms. The molecule has 38 heavy (non-hydrogen) atoms. The van der Waals surface area contributed by atoms with Crippen molar-refractivity contribution < 1.29 is 9.53 Å². The van der Waals surface area contributed by atoms with Crippen LogP contribution in [0.15, 0.2) is 79.0 Å². The predicted molar refractivity (Wildman–Crippen MR) is 145 cm³/mol. The van der Waals surface area contributed by atoms with Gasteiger partial charge >= 0.3 is 0 Å². The number of nitrogens with zero attached hydrogens (tertiary/aromatic N) is 6. The fourth-order valence-electron chi connectivity index (χ4n) is 4.56. The van der Waals surface area contributed by atoms with Crippen LogP contribution in [0.4, 0.5) is 17.6 Å². The van der Waals surface area contributed by atoms with Crippen molar-refractivity contribution in [1.82, 2.24) is 29.7 Å². The van der Waals surface area contributed by atoms with Crippen molar-refractivity contribution in [2.24, 2.45) is 0 Å². The SMILES string of the molecule is Cc1cc(Nc2nc(N3CCN(C(=O)c4ccccc4COc4ccccc4)CC3)nn3cccc23)n[nH]1. The summed E-state index contributed by atoms with van der Waals surface area (Å²) >= 11 is 0. The van der Waals surface area contributed by atoms with E-state index in [1.807, 2.05) is 95.3 Å². The number of aryl methyl sites for hydroxylation is 1. The smallest absolute Gasteiger partial charge is 0.254 e. The fourth-order valence-corrected chi connectivity index (χ4v) is 4.56. The highest BCUT2D eigenvalue weighted by molar-refractivity contribution is 5.95. The summed E-state index contributed by atoms with van der Waals surface area (Å²) in [5.41, 5.74) is 3.36. The van der Waals surface area contributed by atoms with Gasteiger partial charge in [-0.25, -0.2) is 4.52 Å². The quantitative estimate of drug-likeness (QED) is 0.342. The maximum atomic E-state index is 13.5. The van der Waals surface area contributed by atoms with Gasteiger partial charge in [0.2, 0.25) is 5.95 Å². The van der Waals surface area contributed by atoms with Crippen molar-refractivity contribution in [2.45, 2.75) is 13.5 Å². The molecular weight excluding hydrogens is 480 g/mol. The van der Waals surface area contributed by atoms with Crippen LogP contribution in [-0.4, -0.2) is 61.8 Å². The maximum Gasteiger partial charge on any atom is 0.254 e. The number of anilines is 3. The predicted octanol–water partition coefficient (Wildman–Crippen LogP) is 4.05. The number of carbonyl (C=O) groups excluding carboxylic acids is 1. The molecule has 0 atom stereocenters. The van der Waals surface area contributed by atoms with E-state index < -0.39 is 0 Å². The van der Waals surface area contributed by atoms with E-state index in [9.17, 15) is 4.79 Å². The summed E-state index contributed by atoms with van der Waals surface area (Å²) in [6.45, 7) is 4.68. The lowest BCUT2D eigenvalue weighted by Gasteiger charge is -2.35.